The number of allylic oxidation sites excluding steroid dienone is 1. The molecule has 31 heavy (non-hydrogen) atoms. The maximum absolute atomic E-state index is 13.2. The van der Waals surface area contributed by atoms with Gasteiger partial charge in [-0.3, -0.25) is 4.79 Å². The van der Waals surface area contributed by atoms with Gasteiger partial charge in [0.05, 0.1) is 16.8 Å². The number of hydrogen-bond acceptors (Lipinski definition) is 5. The molecule has 0 radical (unpaired) electrons. The molecule has 1 aliphatic heterocycles. The third-order valence-corrected chi connectivity index (χ3v) is 6.86. The number of rotatable bonds is 4. The van der Waals surface area contributed by atoms with Crippen molar-refractivity contribution in [2.75, 3.05) is 19.7 Å². The maximum atomic E-state index is 13.2. The fourth-order valence-electron chi connectivity index (χ4n) is 4.49. The molecular formula is C25H24N2O3S. The highest BCUT2D eigenvalue weighted by molar-refractivity contribution is 7.10. The Balaban J connectivity index is 1.46. The zero-order chi connectivity index (χ0) is 21.2. The second-order valence-electron chi connectivity index (χ2n) is 8.03. The van der Waals surface area contributed by atoms with Gasteiger partial charge in [0.15, 0.2) is 6.61 Å². The molecule has 1 fully saturated rings. The normalized spacial score (nSPS) is 17.2. The smallest absolute Gasteiger partial charge is 0.339 e. The van der Waals surface area contributed by atoms with Gasteiger partial charge in [-0.15, -0.1) is 11.3 Å². The van der Waals surface area contributed by atoms with Crippen LogP contribution in [0.1, 0.15) is 52.2 Å². The Morgan fingerprint density at radius 3 is 2.71 bits per heavy atom. The Morgan fingerprint density at radius 2 is 1.90 bits per heavy atom. The summed E-state index contributed by atoms with van der Waals surface area (Å²) >= 11 is 1.69. The molecule has 0 unspecified atom stereocenters. The average molecular weight is 433 g/mol. The van der Waals surface area contributed by atoms with E-state index in [0.29, 0.717) is 5.56 Å². The average Bonchev–Trinajstić information content (AvgIpc) is 3.47. The Hall–Kier alpha value is -2.99. The summed E-state index contributed by atoms with van der Waals surface area (Å²) in [5.41, 5.74) is 4.27. The molecule has 158 valence electrons. The van der Waals surface area contributed by atoms with E-state index in [1.807, 2.05) is 30.3 Å². The monoisotopic (exact) mass is 432 g/mol. The van der Waals surface area contributed by atoms with Gasteiger partial charge in [-0.25, -0.2) is 9.78 Å². The van der Waals surface area contributed by atoms with Crippen LogP contribution in [-0.4, -0.2) is 41.5 Å². The van der Waals surface area contributed by atoms with Gasteiger partial charge in [0.2, 0.25) is 0 Å². The first-order valence-corrected chi connectivity index (χ1v) is 11.7. The minimum absolute atomic E-state index is 0.110. The molecular weight excluding hydrogens is 408 g/mol. The molecule has 3 aromatic rings. The number of carbonyl (C=O) groups is 2. The number of aromatic nitrogens is 1. The number of esters is 1. The Labute approximate surface area is 185 Å². The van der Waals surface area contributed by atoms with E-state index < -0.39 is 5.97 Å². The van der Waals surface area contributed by atoms with Gasteiger partial charge in [-0.2, -0.15) is 0 Å². The van der Waals surface area contributed by atoms with Gasteiger partial charge in [-0.05, 0) is 66.8 Å². The number of pyridine rings is 1. The van der Waals surface area contributed by atoms with Crippen LogP contribution < -0.4 is 0 Å². The zero-order valence-corrected chi connectivity index (χ0v) is 18.1. The number of carbonyl (C=O) groups excluding carboxylic acids is 2. The molecule has 2 aromatic heterocycles. The zero-order valence-electron chi connectivity index (χ0n) is 17.3. The van der Waals surface area contributed by atoms with Gasteiger partial charge in [-0.1, -0.05) is 24.3 Å². The van der Waals surface area contributed by atoms with Crippen LogP contribution in [0, 0.1) is 0 Å². The number of hydrogen-bond donors (Lipinski definition) is 0. The molecule has 1 aliphatic carbocycles. The molecule has 6 heteroatoms. The van der Waals surface area contributed by atoms with E-state index in [0.717, 1.165) is 72.9 Å². The van der Waals surface area contributed by atoms with Crippen molar-refractivity contribution in [2.24, 2.45) is 0 Å². The predicted molar refractivity (Wildman–Crippen MR) is 123 cm³/mol. The van der Waals surface area contributed by atoms with Crippen LogP contribution in [0.15, 0.2) is 41.8 Å². The molecule has 5 nitrogen and oxygen atoms in total. The summed E-state index contributed by atoms with van der Waals surface area (Å²) in [7, 11) is 0. The van der Waals surface area contributed by atoms with Crippen molar-refractivity contribution in [3.05, 3.63) is 63.5 Å². The Bertz CT molecular complexity index is 1160. The third-order valence-electron chi connectivity index (χ3n) is 6.04. The first-order valence-electron chi connectivity index (χ1n) is 10.8. The number of nitrogens with zero attached hydrogens (tertiary/aromatic N) is 2. The topological polar surface area (TPSA) is 59.5 Å². The van der Waals surface area contributed by atoms with Crippen molar-refractivity contribution in [2.45, 2.75) is 32.1 Å². The van der Waals surface area contributed by atoms with E-state index in [4.69, 9.17) is 9.72 Å². The lowest BCUT2D eigenvalue weighted by Crippen LogP contribution is -2.38. The highest BCUT2D eigenvalue weighted by atomic mass is 32.1. The Kier molecular flexibility index (Phi) is 5.55. The van der Waals surface area contributed by atoms with Gasteiger partial charge in [0, 0.05) is 23.4 Å². The number of amides is 1. The first kappa shape index (κ1) is 19.9. The molecule has 2 aliphatic rings. The second-order valence-corrected chi connectivity index (χ2v) is 9.01. The molecule has 1 saturated heterocycles. The van der Waals surface area contributed by atoms with Crippen molar-refractivity contribution < 1.29 is 14.3 Å². The van der Waals surface area contributed by atoms with Gasteiger partial charge < -0.3 is 9.64 Å². The quantitative estimate of drug-likeness (QED) is 0.547. The van der Waals surface area contributed by atoms with Crippen molar-refractivity contribution in [1.29, 1.82) is 0 Å². The molecule has 0 N–H and O–H groups in total. The Morgan fingerprint density at radius 1 is 1.06 bits per heavy atom. The summed E-state index contributed by atoms with van der Waals surface area (Å²) in [5.74, 6) is -0.543. The molecule has 1 aromatic carbocycles. The van der Waals surface area contributed by atoms with E-state index in [-0.39, 0.29) is 12.5 Å². The van der Waals surface area contributed by atoms with E-state index in [1.165, 1.54) is 4.88 Å². The lowest BCUT2D eigenvalue weighted by Gasteiger charge is -2.26. The van der Waals surface area contributed by atoms with Crippen LogP contribution in [0.4, 0.5) is 0 Å². The van der Waals surface area contributed by atoms with E-state index in [1.54, 1.807) is 16.2 Å². The number of fused-ring (bicyclic) bond motifs is 2. The van der Waals surface area contributed by atoms with Crippen LogP contribution in [0.5, 0.6) is 0 Å². The lowest BCUT2D eigenvalue weighted by molar-refractivity contribution is -0.135. The fourth-order valence-corrected chi connectivity index (χ4v) is 5.17. The third kappa shape index (κ3) is 4.00. The van der Waals surface area contributed by atoms with Crippen LogP contribution in [-0.2, 0) is 16.0 Å². The van der Waals surface area contributed by atoms with Crippen LogP contribution >= 0.6 is 11.3 Å². The van der Waals surface area contributed by atoms with Gasteiger partial charge in [0.25, 0.3) is 5.91 Å². The highest BCUT2D eigenvalue weighted by Crippen LogP contribution is 2.38. The number of thiophene rings is 1. The van der Waals surface area contributed by atoms with E-state index in [2.05, 4.69) is 17.5 Å². The number of para-hydroxylation sites is 1. The van der Waals surface area contributed by atoms with Crippen LogP contribution in [0.25, 0.3) is 22.6 Å². The molecule has 3 heterocycles. The summed E-state index contributed by atoms with van der Waals surface area (Å²) in [5, 5.41) is 2.84. The summed E-state index contributed by atoms with van der Waals surface area (Å²) < 4.78 is 5.54. The fraction of sp³-hybridized carbons (Fsp3) is 0.320. The van der Waals surface area contributed by atoms with Gasteiger partial charge in [0.1, 0.15) is 0 Å². The lowest BCUT2D eigenvalue weighted by atomic mass is 10.0. The summed E-state index contributed by atoms with van der Waals surface area (Å²) in [6.45, 7) is 1.30. The van der Waals surface area contributed by atoms with Crippen LogP contribution in [0.3, 0.4) is 0 Å². The SMILES string of the molecule is O=C(OCC(=O)N1CCCCC1)c1c2c(nc3ccccc13)C(=Cc1cccs1)CC2. The molecule has 5 rings (SSSR count). The number of benzene rings is 1. The molecule has 0 saturated carbocycles. The van der Waals surface area contributed by atoms with E-state index in [9.17, 15) is 9.59 Å². The predicted octanol–water partition coefficient (Wildman–Crippen LogP) is 4.95. The highest BCUT2D eigenvalue weighted by Gasteiger charge is 2.28. The number of ether oxygens (including phenoxy) is 1. The maximum Gasteiger partial charge on any atom is 0.339 e. The minimum Gasteiger partial charge on any atom is -0.452 e. The molecule has 1 amide bonds. The van der Waals surface area contributed by atoms with Crippen molar-refractivity contribution in [3.63, 3.8) is 0 Å². The van der Waals surface area contributed by atoms with Gasteiger partial charge >= 0.3 is 5.97 Å². The molecule has 0 spiro atoms. The second kappa shape index (κ2) is 8.63. The largest absolute Gasteiger partial charge is 0.452 e. The summed E-state index contributed by atoms with van der Waals surface area (Å²) in [4.78, 5) is 33.5. The first-order chi connectivity index (χ1) is 15.2. The minimum atomic E-state index is -0.433. The summed E-state index contributed by atoms with van der Waals surface area (Å²) in [6.07, 6.45) is 6.93. The van der Waals surface area contributed by atoms with Crippen LogP contribution in [0.2, 0.25) is 0 Å². The molecule has 0 bridgehead atoms. The molecule has 0 atom stereocenters. The standard InChI is InChI=1S/C25H24N2O3S/c28-22(27-12-4-1-5-13-27)16-30-25(29)23-19-8-2-3-9-21(19)26-24-17(10-11-20(23)24)15-18-7-6-14-31-18/h2-3,6-9,14-15H,1,4-5,10-13,16H2. The summed E-state index contributed by atoms with van der Waals surface area (Å²) in [6, 6.07) is 11.8. The van der Waals surface area contributed by atoms with Crippen molar-refractivity contribution in [3.8, 4) is 0 Å². The number of likely N-dealkylation sites (tertiary alicyclic amines) is 1. The van der Waals surface area contributed by atoms with Crippen molar-refractivity contribution in [1.82, 2.24) is 9.88 Å². The van der Waals surface area contributed by atoms with E-state index >= 15 is 0 Å². The van der Waals surface area contributed by atoms with Crippen molar-refractivity contribution >= 4 is 45.8 Å². The number of piperidine rings is 1.